The van der Waals surface area contributed by atoms with E-state index in [9.17, 15) is 14.7 Å². The van der Waals surface area contributed by atoms with Gasteiger partial charge in [0.05, 0.1) is 19.1 Å². The predicted molar refractivity (Wildman–Crippen MR) is 114 cm³/mol. The Balaban J connectivity index is 1.62. The number of ether oxygens (including phenoxy) is 1. The second kappa shape index (κ2) is 9.19. The number of fused-ring (bicyclic) bond motifs is 1. The van der Waals surface area contributed by atoms with Crippen molar-refractivity contribution in [1.29, 1.82) is 0 Å². The van der Waals surface area contributed by atoms with Crippen LogP contribution in [-0.4, -0.2) is 74.5 Å². The number of carbonyl (C=O) groups excluding carboxylic acids is 2. The molecule has 0 spiro atoms. The molecule has 1 fully saturated rings. The highest BCUT2D eigenvalue weighted by Crippen LogP contribution is 2.50. The van der Waals surface area contributed by atoms with Gasteiger partial charge in [-0.1, -0.05) is 31.4 Å². The second-order valence-electron chi connectivity index (χ2n) is 8.26. The van der Waals surface area contributed by atoms with Gasteiger partial charge < -0.3 is 9.84 Å². The molecular weight excluding hydrogens is 430 g/mol. The highest BCUT2D eigenvalue weighted by Gasteiger charge is 2.55. The lowest BCUT2D eigenvalue weighted by Gasteiger charge is -2.41. The van der Waals surface area contributed by atoms with Crippen LogP contribution in [0.2, 0.25) is 25.7 Å². The molecule has 0 bridgehead atoms. The number of aryl methyl sites for hydroxylation is 1. The summed E-state index contributed by atoms with van der Waals surface area (Å²) in [6, 6.07) is 0.882. The van der Waals surface area contributed by atoms with Gasteiger partial charge in [-0.2, -0.15) is 0 Å². The van der Waals surface area contributed by atoms with Crippen molar-refractivity contribution < 1.29 is 19.4 Å². The van der Waals surface area contributed by atoms with Crippen LogP contribution in [0, 0.1) is 5.92 Å². The second-order valence-corrected chi connectivity index (χ2v) is 16.2. The van der Waals surface area contributed by atoms with Gasteiger partial charge in [0.2, 0.25) is 11.1 Å². The standard InChI is InChI=1S/C17H27N5O4S2Si/c1-21-17(18-19-20-21)27-8-5-6-12-13(16(25)26-7-9-29(2,3)4)22-14(24)11(10-23)15(22)28-12/h11,15,23H,5-10H2,1-4H3/t11-,15+/m0/s1. The largest absolute Gasteiger partial charge is 0.461 e. The molecule has 160 valence electrons. The van der Waals surface area contributed by atoms with Gasteiger partial charge in [-0.3, -0.25) is 9.69 Å². The van der Waals surface area contributed by atoms with Crippen LogP contribution in [-0.2, 0) is 21.4 Å². The highest BCUT2D eigenvalue weighted by molar-refractivity contribution is 8.04. The molecule has 3 heterocycles. The summed E-state index contributed by atoms with van der Waals surface area (Å²) in [7, 11) is 0.472. The van der Waals surface area contributed by atoms with Crippen LogP contribution in [0.5, 0.6) is 0 Å². The SMILES string of the molecule is Cn1nnnc1SCCCC1=C(C(=O)OCC[Si](C)(C)C)N2C(=O)[C@H](CO)[C@H]2S1. The fraction of sp³-hybridized carbons (Fsp3) is 0.706. The Morgan fingerprint density at radius 3 is 2.76 bits per heavy atom. The molecule has 9 nitrogen and oxygen atoms in total. The number of hydrogen-bond acceptors (Lipinski definition) is 9. The lowest BCUT2D eigenvalue weighted by Crippen LogP contribution is -2.58. The molecule has 1 amide bonds. The van der Waals surface area contributed by atoms with E-state index in [-0.39, 0.29) is 17.9 Å². The fourth-order valence-corrected chi connectivity index (χ4v) is 6.08. The van der Waals surface area contributed by atoms with E-state index in [2.05, 4.69) is 35.2 Å². The minimum Gasteiger partial charge on any atom is -0.461 e. The number of aliphatic hydroxyl groups excluding tert-OH is 1. The molecule has 29 heavy (non-hydrogen) atoms. The summed E-state index contributed by atoms with van der Waals surface area (Å²) in [5, 5.41) is 21.4. The smallest absolute Gasteiger partial charge is 0.355 e. The first kappa shape index (κ1) is 22.3. The number of carbonyl (C=O) groups is 2. The number of rotatable bonds is 10. The van der Waals surface area contributed by atoms with Crippen LogP contribution in [0.4, 0.5) is 0 Å². The predicted octanol–water partition coefficient (Wildman–Crippen LogP) is 1.70. The molecule has 1 N–H and O–H groups in total. The third-order valence-corrected chi connectivity index (χ3v) is 9.02. The van der Waals surface area contributed by atoms with Gasteiger partial charge >= 0.3 is 5.97 Å². The number of allylic oxidation sites excluding steroid dienone is 1. The van der Waals surface area contributed by atoms with Crippen molar-refractivity contribution in [3.8, 4) is 0 Å². The monoisotopic (exact) mass is 457 g/mol. The first-order valence-electron chi connectivity index (χ1n) is 9.59. The third-order valence-electron chi connectivity index (χ3n) is 4.76. The molecule has 1 aromatic heterocycles. The molecular formula is C17H27N5O4S2Si. The number of aromatic nitrogens is 4. The zero-order valence-electron chi connectivity index (χ0n) is 17.1. The van der Waals surface area contributed by atoms with Crippen LogP contribution in [0.15, 0.2) is 15.8 Å². The van der Waals surface area contributed by atoms with E-state index in [0.29, 0.717) is 18.7 Å². The minimum atomic E-state index is -1.32. The van der Waals surface area contributed by atoms with E-state index in [1.807, 2.05) is 0 Å². The van der Waals surface area contributed by atoms with Gasteiger partial charge in [0, 0.05) is 25.8 Å². The maximum Gasteiger partial charge on any atom is 0.355 e. The summed E-state index contributed by atoms with van der Waals surface area (Å²) in [4.78, 5) is 27.5. The number of β-lactam (4-membered cyclic amide) rings is 1. The Bertz CT molecular complexity index is 810. The fourth-order valence-electron chi connectivity index (χ4n) is 3.05. The number of esters is 1. The number of aliphatic hydroxyl groups is 1. The molecule has 0 radical (unpaired) electrons. The molecule has 3 rings (SSSR count). The van der Waals surface area contributed by atoms with E-state index in [1.54, 1.807) is 23.5 Å². The number of thioether (sulfide) groups is 2. The molecule has 2 aliphatic heterocycles. The van der Waals surface area contributed by atoms with E-state index in [4.69, 9.17) is 4.74 Å². The Labute approximate surface area is 179 Å². The summed E-state index contributed by atoms with van der Waals surface area (Å²) in [6.45, 7) is 6.85. The zero-order chi connectivity index (χ0) is 21.2. The number of hydrogen-bond donors (Lipinski definition) is 1. The first-order valence-corrected chi connectivity index (χ1v) is 15.2. The van der Waals surface area contributed by atoms with Crippen molar-refractivity contribution in [3.05, 3.63) is 10.6 Å². The minimum absolute atomic E-state index is 0.197. The maximum atomic E-state index is 12.8. The average Bonchev–Trinajstić information content (AvgIpc) is 3.19. The van der Waals surface area contributed by atoms with Crippen LogP contribution in [0.1, 0.15) is 12.8 Å². The summed E-state index contributed by atoms with van der Waals surface area (Å²) in [5.41, 5.74) is 0.371. The summed E-state index contributed by atoms with van der Waals surface area (Å²) in [6.07, 6.45) is 1.48. The topological polar surface area (TPSA) is 110 Å². The van der Waals surface area contributed by atoms with Crippen molar-refractivity contribution in [2.24, 2.45) is 13.0 Å². The molecule has 0 saturated carbocycles. The average molecular weight is 458 g/mol. The van der Waals surface area contributed by atoms with Crippen molar-refractivity contribution in [2.75, 3.05) is 19.0 Å². The normalized spacial score (nSPS) is 21.4. The molecule has 0 aliphatic carbocycles. The third kappa shape index (κ3) is 5.04. The van der Waals surface area contributed by atoms with Crippen LogP contribution >= 0.6 is 23.5 Å². The van der Waals surface area contributed by atoms with Gasteiger partial charge in [0.1, 0.15) is 11.1 Å². The molecule has 12 heteroatoms. The molecule has 0 unspecified atom stereocenters. The number of tetrazole rings is 1. The lowest BCUT2D eigenvalue weighted by atomic mass is 9.98. The Hall–Kier alpha value is -1.37. The zero-order valence-corrected chi connectivity index (χ0v) is 19.8. The van der Waals surface area contributed by atoms with Crippen LogP contribution in [0.25, 0.3) is 0 Å². The molecule has 2 atom stereocenters. The van der Waals surface area contributed by atoms with E-state index in [1.165, 1.54) is 16.7 Å². The van der Waals surface area contributed by atoms with E-state index < -0.39 is 20.0 Å². The van der Waals surface area contributed by atoms with Gasteiger partial charge in [-0.25, -0.2) is 9.48 Å². The summed E-state index contributed by atoms with van der Waals surface area (Å²) < 4.78 is 7.13. The number of nitrogens with zero attached hydrogens (tertiary/aromatic N) is 5. The molecule has 0 aromatic carbocycles. The maximum absolute atomic E-state index is 12.8. The Morgan fingerprint density at radius 1 is 1.38 bits per heavy atom. The summed E-state index contributed by atoms with van der Waals surface area (Å²) >= 11 is 3.05. The van der Waals surface area contributed by atoms with E-state index >= 15 is 0 Å². The first-order chi connectivity index (χ1) is 13.7. The summed E-state index contributed by atoms with van der Waals surface area (Å²) in [5.74, 6) is -0.278. The van der Waals surface area contributed by atoms with Gasteiger partial charge in [0.15, 0.2) is 0 Å². The molecule has 1 saturated heterocycles. The molecule has 1 aromatic rings. The van der Waals surface area contributed by atoms with Crippen LogP contribution in [0.3, 0.4) is 0 Å². The quantitative estimate of drug-likeness (QED) is 0.184. The molecule has 2 aliphatic rings. The Morgan fingerprint density at radius 2 is 2.14 bits per heavy atom. The van der Waals surface area contributed by atoms with Crippen molar-refractivity contribution in [1.82, 2.24) is 25.1 Å². The van der Waals surface area contributed by atoms with E-state index in [0.717, 1.165) is 28.3 Å². The van der Waals surface area contributed by atoms with Gasteiger partial charge in [-0.05, 0) is 29.3 Å². The van der Waals surface area contributed by atoms with Gasteiger partial charge in [-0.15, -0.1) is 16.9 Å². The highest BCUT2D eigenvalue weighted by atomic mass is 32.2. The van der Waals surface area contributed by atoms with Crippen molar-refractivity contribution in [2.45, 2.75) is 49.1 Å². The van der Waals surface area contributed by atoms with Crippen molar-refractivity contribution in [3.63, 3.8) is 0 Å². The Kier molecular flexibility index (Phi) is 7.07. The van der Waals surface area contributed by atoms with Crippen LogP contribution < -0.4 is 0 Å². The lowest BCUT2D eigenvalue weighted by molar-refractivity contribution is -0.155. The van der Waals surface area contributed by atoms with Gasteiger partial charge in [0.25, 0.3) is 0 Å². The van der Waals surface area contributed by atoms with Crippen molar-refractivity contribution >= 4 is 43.5 Å². The number of amides is 1.